The van der Waals surface area contributed by atoms with Crippen molar-refractivity contribution in [1.82, 2.24) is 24.7 Å². The minimum absolute atomic E-state index is 0.0361. The number of amides is 2. The third-order valence-corrected chi connectivity index (χ3v) is 7.29. The van der Waals surface area contributed by atoms with Crippen LogP contribution in [0.15, 0.2) is 12.3 Å². The van der Waals surface area contributed by atoms with E-state index in [-0.39, 0.29) is 40.1 Å². The van der Waals surface area contributed by atoms with Gasteiger partial charge in [0.25, 0.3) is 0 Å². The monoisotopic (exact) mass is 511 g/mol. The van der Waals surface area contributed by atoms with Gasteiger partial charge in [0.2, 0.25) is 11.8 Å². The summed E-state index contributed by atoms with van der Waals surface area (Å²) in [4.78, 5) is 38.2. The fraction of sp³-hybridized carbons (Fsp3) is 0.429. The number of anilines is 2. The first kappa shape index (κ1) is 22.7. The molecule has 15 heteroatoms. The van der Waals surface area contributed by atoms with Crippen LogP contribution in [0.25, 0.3) is 22.6 Å². The summed E-state index contributed by atoms with van der Waals surface area (Å²) in [6.07, 6.45) is -5.61. The van der Waals surface area contributed by atoms with Crippen LogP contribution in [-0.4, -0.2) is 48.6 Å². The Labute approximate surface area is 197 Å². The zero-order valence-electron chi connectivity index (χ0n) is 18.3. The molecular formula is C21H15F6N7O2. The molecule has 6 rings (SSSR count). The minimum atomic E-state index is -5.76. The lowest BCUT2D eigenvalue weighted by Crippen LogP contribution is -2.50. The summed E-state index contributed by atoms with van der Waals surface area (Å²) in [6, 6.07) is 0.964. The molecule has 0 bridgehead atoms. The molecule has 188 valence electrons. The molecule has 2 amide bonds. The highest BCUT2D eigenvalue weighted by Gasteiger charge is 2.71. The van der Waals surface area contributed by atoms with E-state index >= 15 is 0 Å². The van der Waals surface area contributed by atoms with Gasteiger partial charge in [0.1, 0.15) is 23.1 Å². The summed E-state index contributed by atoms with van der Waals surface area (Å²) < 4.78 is 79.8. The molecule has 3 aliphatic rings. The lowest BCUT2D eigenvalue weighted by Gasteiger charge is -2.36. The highest BCUT2D eigenvalue weighted by molar-refractivity contribution is 6.16. The van der Waals surface area contributed by atoms with E-state index in [0.717, 1.165) is 16.9 Å². The largest absolute Gasteiger partial charge is 0.453 e. The van der Waals surface area contributed by atoms with E-state index in [1.54, 1.807) is 6.92 Å². The van der Waals surface area contributed by atoms with Gasteiger partial charge in [-0.3, -0.25) is 9.59 Å². The highest BCUT2D eigenvalue weighted by Crippen LogP contribution is 2.66. The average Bonchev–Trinajstić information content (AvgIpc) is 3.46. The molecule has 2 aliphatic heterocycles. The number of rotatable bonds is 4. The standard InChI is InChI=1S/C21H15F6N7O2/c1-18-10-12(31-16(18)35)29-14(30-13(10)32-17(36)19(18)2-3-19)11-9-6-8(22)7-28-15(9)34(33-11)5-4-20(23,24)21(25,26)27/h6-7H,2-5H2,1H3,(H2,29,30,31,32,35,36)/t18-/m1/s1. The van der Waals surface area contributed by atoms with Gasteiger partial charge in [-0.2, -0.15) is 27.1 Å². The van der Waals surface area contributed by atoms with Crippen molar-refractivity contribution in [2.75, 3.05) is 10.6 Å². The van der Waals surface area contributed by atoms with E-state index in [4.69, 9.17) is 0 Å². The molecule has 5 heterocycles. The van der Waals surface area contributed by atoms with E-state index in [2.05, 4.69) is 30.7 Å². The molecule has 1 spiro atoms. The van der Waals surface area contributed by atoms with E-state index in [0.29, 0.717) is 18.4 Å². The molecule has 0 unspecified atom stereocenters. The summed E-state index contributed by atoms with van der Waals surface area (Å²) in [5.74, 6) is -6.70. The van der Waals surface area contributed by atoms with Crippen LogP contribution in [0.4, 0.5) is 38.0 Å². The number of alkyl halides is 5. The summed E-state index contributed by atoms with van der Waals surface area (Å²) in [6.45, 7) is 0.740. The lowest BCUT2D eigenvalue weighted by molar-refractivity contribution is -0.285. The molecule has 2 N–H and O–H groups in total. The second-order valence-electron chi connectivity index (χ2n) is 9.28. The van der Waals surface area contributed by atoms with Crippen LogP contribution < -0.4 is 10.6 Å². The number of nitrogens with one attached hydrogen (secondary N) is 2. The molecule has 1 atom stereocenters. The van der Waals surface area contributed by atoms with Crippen LogP contribution in [0.1, 0.15) is 31.7 Å². The second kappa shape index (κ2) is 6.70. The molecule has 0 aromatic carbocycles. The van der Waals surface area contributed by atoms with Crippen LogP contribution in [0.5, 0.6) is 0 Å². The Balaban J connectivity index is 1.47. The van der Waals surface area contributed by atoms with Crippen LogP contribution in [-0.2, 0) is 21.5 Å². The number of fused-ring (bicyclic) bond motifs is 2. The van der Waals surface area contributed by atoms with Gasteiger partial charge in [0, 0.05) is 13.0 Å². The van der Waals surface area contributed by atoms with Gasteiger partial charge < -0.3 is 10.6 Å². The molecule has 3 aromatic heterocycles. The molecule has 1 saturated carbocycles. The smallest absolute Gasteiger partial charge is 0.310 e. The molecule has 1 fully saturated rings. The number of halogens is 6. The van der Waals surface area contributed by atoms with Crippen molar-refractivity contribution in [2.24, 2.45) is 5.41 Å². The van der Waals surface area contributed by atoms with Crippen molar-refractivity contribution in [3.05, 3.63) is 23.6 Å². The van der Waals surface area contributed by atoms with Gasteiger partial charge in [-0.1, -0.05) is 0 Å². The Kier molecular flexibility index (Phi) is 4.22. The van der Waals surface area contributed by atoms with Gasteiger partial charge in [-0.15, -0.1) is 0 Å². The molecule has 9 nitrogen and oxygen atoms in total. The normalized spacial score (nSPS) is 22.1. The SMILES string of the molecule is C[C@]12C(=O)Nc3nc(-c4nn(CCC(F)(F)C(F)(F)F)c5ncc(F)cc45)nc(c31)NC(=O)C21CC1. The summed E-state index contributed by atoms with van der Waals surface area (Å²) in [5, 5.41) is 9.33. The fourth-order valence-corrected chi connectivity index (χ4v) is 5.07. The number of hydrogen-bond donors (Lipinski definition) is 2. The summed E-state index contributed by atoms with van der Waals surface area (Å²) in [7, 11) is 0. The Morgan fingerprint density at radius 3 is 2.31 bits per heavy atom. The van der Waals surface area contributed by atoms with E-state index < -0.39 is 47.6 Å². The Morgan fingerprint density at radius 1 is 1.06 bits per heavy atom. The minimum Gasteiger partial charge on any atom is -0.310 e. The number of carbonyl (C=O) groups excluding carboxylic acids is 2. The fourth-order valence-electron chi connectivity index (χ4n) is 5.07. The molecule has 3 aromatic rings. The first-order valence-electron chi connectivity index (χ1n) is 10.8. The van der Waals surface area contributed by atoms with E-state index in [1.165, 1.54) is 0 Å². The Morgan fingerprint density at radius 2 is 1.69 bits per heavy atom. The average molecular weight is 511 g/mol. The second-order valence-corrected chi connectivity index (χ2v) is 9.28. The Hall–Kier alpha value is -3.78. The number of aromatic nitrogens is 5. The van der Waals surface area contributed by atoms with Crippen LogP contribution >= 0.6 is 0 Å². The topological polar surface area (TPSA) is 115 Å². The maximum absolute atomic E-state index is 14.0. The van der Waals surface area contributed by atoms with E-state index in [9.17, 15) is 35.9 Å². The van der Waals surface area contributed by atoms with Crippen LogP contribution in [0, 0.1) is 11.2 Å². The number of nitrogens with zero attached hydrogens (tertiary/aromatic N) is 5. The van der Waals surface area contributed by atoms with Gasteiger partial charge in [0.05, 0.1) is 28.0 Å². The molecule has 0 saturated heterocycles. The number of carbonyl (C=O) groups is 2. The van der Waals surface area contributed by atoms with Gasteiger partial charge in [-0.05, 0) is 25.8 Å². The predicted molar refractivity (Wildman–Crippen MR) is 110 cm³/mol. The quantitative estimate of drug-likeness (QED) is 0.518. The predicted octanol–water partition coefficient (Wildman–Crippen LogP) is 3.56. The maximum atomic E-state index is 14.0. The van der Waals surface area contributed by atoms with Crippen molar-refractivity contribution in [1.29, 1.82) is 0 Å². The van der Waals surface area contributed by atoms with Crippen molar-refractivity contribution in [3.8, 4) is 11.5 Å². The van der Waals surface area contributed by atoms with Crippen LogP contribution in [0.2, 0.25) is 0 Å². The molecule has 36 heavy (non-hydrogen) atoms. The first-order valence-corrected chi connectivity index (χ1v) is 10.8. The van der Waals surface area contributed by atoms with E-state index in [1.807, 2.05) is 0 Å². The van der Waals surface area contributed by atoms with Crippen molar-refractivity contribution >= 4 is 34.5 Å². The summed E-state index contributed by atoms with van der Waals surface area (Å²) >= 11 is 0. The van der Waals surface area contributed by atoms with Gasteiger partial charge >= 0.3 is 12.1 Å². The molecule has 0 radical (unpaired) electrons. The zero-order valence-corrected chi connectivity index (χ0v) is 18.3. The van der Waals surface area contributed by atoms with Crippen molar-refractivity contribution < 1.29 is 35.9 Å². The summed E-state index contributed by atoms with van der Waals surface area (Å²) in [5.41, 5.74) is -2.06. The molecular weight excluding hydrogens is 496 g/mol. The highest BCUT2D eigenvalue weighted by atomic mass is 19.4. The van der Waals surface area contributed by atoms with Gasteiger partial charge in [-0.25, -0.2) is 24.0 Å². The van der Waals surface area contributed by atoms with Crippen molar-refractivity contribution in [3.63, 3.8) is 0 Å². The molecule has 1 aliphatic carbocycles. The lowest BCUT2D eigenvalue weighted by atomic mass is 9.68. The van der Waals surface area contributed by atoms with Crippen LogP contribution in [0.3, 0.4) is 0 Å². The Bertz CT molecular complexity index is 1500. The van der Waals surface area contributed by atoms with Gasteiger partial charge in [0.15, 0.2) is 11.5 Å². The maximum Gasteiger partial charge on any atom is 0.453 e. The number of aryl methyl sites for hydroxylation is 1. The third kappa shape index (κ3) is 2.79. The first-order chi connectivity index (χ1) is 16.8. The zero-order chi connectivity index (χ0) is 25.8. The van der Waals surface area contributed by atoms with Crippen molar-refractivity contribution in [2.45, 2.75) is 50.2 Å². The third-order valence-electron chi connectivity index (χ3n) is 7.29. The number of hydrogen-bond acceptors (Lipinski definition) is 6. The number of pyridine rings is 1.